The highest BCUT2D eigenvalue weighted by molar-refractivity contribution is 5.29. The van der Waals surface area contributed by atoms with Gasteiger partial charge in [-0.2, -0.15) is 13.2 Å². The van der Waals surface area contributed by atoms with Crippen molar-refractivity contribution < 1.29 is 17.6 Å². The molecule has 1 fully saturated rings. The normalized spacial score (nSPS) is 24.4. The van der Waals surface area contributed by atoms with Gasteiger partial charge in [0.25, 0.3) is 0 Å². The van der Waals surface area contributed by atoms with E-state index in [2.05, 4.69) is 10.6 Å². The van der Waals surface area contributed by atoms with Crippen molar-refractivity contribution in [2.24, 2.45) is 0 Å². The molecule has 1 aliphatic rings. The molecule has 0 bridgehead atoms. The molecule has 6 heteroatoms. The van der Waals surface area contributed by atoms with E-state index in [9.17, 15) is 17.6 Å². The van der Waals surface area contributed by atoms with Crippen LogP contribution in [-0.2, 0) is 12.7 Å². The first-order valence-corrected chi connectivity index (χ1v) is 6.22. The number of rotatable bonds is 3. The standard InChI is InChI=1S/C13H16F4N2/c14-11-8-18-6-5-12(11)19-7-9-3-1-2-4-10(9)13(15,16)17/h1-4,11-12,18-19H,5-8H2. The van der Waals surface area contributed by atoms with Gasteiger partial charge >= 0.3 is 6.18 Å². The minimum absolute atomic E-state index is 0.0285. The number of alkyl halides is 4. The van der Waals surface area contributed by atoms with Gasteiger partial charge in [0.1, 0.15) is 6.17 Å². The molecule has 0 aliphatic carbocycles. The third kappa shape index (κ3) is 3.67. The molecule has 2 nitrogen and oxygen atoms in total. The number of halogens is 4. The van der Waals surface area contributed by atoms with E-state index in [0.29, 0.717) is 13.0 Å². The summed E-state index contributed by atoms with van der Waals surface area (Å²) in [5.74, 6) is 0. The first-order valence-electron chi connectivity index (χ1n) is 6.22. The van der Waals surface area contributed by atoms with Crippen molar-refractivity contribution in [2.45, 2.75) is 31.4 Å². The first kappa shape index (κ1) is 14.3. The molecule has 1 aromatic rings. The molecular weight excluding hydrogens is 260 g/mol. The number of piperidine rings is 1. The summed E-state index contributed by atoms with van der Waals surface area (Å²) in [6.07, 6.45) is -4.86. The van der Waals surface area contributed by atoms with E-state index in [4.69, 9.17) is 0 Å². The molecule has 1 aliphatic heterocycles. The van der Waals surface area contributed by atoms with Gasteiger partial charge in [0.05, 0.1) is 5.56 Å². The summed E-state index contributed by atoms with van der Waals surface area (Å²) in [6, 6.07) is 5.00. The molecular formula is C13H16F4N2. The lowest BCUT2D eigenvalue weighted by atomic mass is 10.0. The SMILES string of the molecule is FC1CNCCC1NCc1ccccc1C(F)(F)F. The lowest BCUT2D eigenvalue weighted by Gasteiger charge is -2.28. The van der Waals surface area contributed by atoms with Crippen LogP contribution in [-0.4, -0.2) is 25.3 Å². The van der Waals surface area contributed by atoms with Crippen molar-refractivity contribution in [3.05, 3.63) is 35.4 Å². The van der Waals surface area contributed by atoms with E-state index in [1.54, 1.807) is 6.07 Å². The van der Waals surface area contributed by atoms with Crippen LogP contribution in [0.2, 0.25) is 0 Å². The Bertz CT molecular complexity index is 419. The van der Waals surface area contributed by atoms with E-state index < -0.39 is 17.9 Å². The van der Waals surface area contributed by atoms with Gasteiger partial charge in [-0.3, -0.25) is 0 Å². The van der Waals surface area contributed by atoms with Crippen molar-refractivity contribution in [1.29, 1.82) is 0 Å². The van der Waals surface area contributed by atoms with E-state index in [0.717, 1.165) is 6.07 Å². The average molecular weight is 276 g/mol. The van der Waals surface area contributed by atoms with Crippen LogP contribution < -0.4 is 10.6 Å². The van der Waals surface area contributed by atoms with Gasteiger partial charge in [-0.15, -0.1) is 0 Å². The minimum atomic E-state index is -4.37. The van der Waals surface area contributed by atoms with Crippen molar-refractivity contribution in [1.82, 2.24) is 10.6 Å². The number of hydrogen-bond donors (Lipinski definition) is 2. The van der Waals surface area contributed by atoms with Crippen molar-refractivity contribution in [3.8, 4) is 0 Å². The molecule has 2 N–H and O–H groups in total. The molecule has 19 heavy (non-hydrogen) atoms. The fourth-order valence-electron chi connectivity index (χ4n) is 2.24. The summed E-state index contributed by atoms with van der Waals surface area (Å²) in [7, 11) is 0. The molecule has 2 atom stereocenters. The van der Waals surface area contributed by atoms with Gasteiger partial charge in [0, 0.05) is 19.1 Å². The van der Waals surface area contributed by atoms with Crippen LogP contribution in [0.5, 0.6) is 0 Å². The lowest BCUT2D eigenvalue weighted by molar-refractivity contribution is -0.138. The van der Waals surface area contributed by atoms with Crippen molar-refractivity contribution in [3.63, 3.8) is 0 Å². The second-order valence-electron chi connectivity index (χ2n) is 4.65. The zero-order valence-electron chi connectivity index (χ0n) is 10.3. The summed E-state index contributed by atoms with van der Waals surface area (Å²) in [5.41, 5.74) is -0.507. The maximum atomic E-state index is 13.5. The highest BCUT2D eigenvalue weighted by atomic mass is 19.4. The molecule has 0 aromatic heterocycles. The maximum absolute atomic E-state index is 13.5. The van der Waals surface area contributed by atoms with Crippen molar-refractivity contribution in [2.75, 3.05) is 13.1 Å². The van der Waals surface area contributed by atoms with Gasteiger partial charge in [0.2, 0.25) is 0 Å². The Hall–Kier alpha value is -1.14. The minimum Gasteiger partial charge on any atom is -0.314 e. The van der Waals surface area contributed by atoms with Gasteiger partial charge in [0.15, 0.2) is 0 Å². The Morgan fingerprint density at radius 1 is 1.26 bits per heavy atom. The van der Waals surface area contributed by atoms with Crippen LogP contribution >= 0.6 is 0 Å². The van der Waals surface area contributed by atoms with Crippen LogP contribution in [0.1, 0.15) is 17.5 Å². The Labute approximate surface area is 109 Å². The molecule has 0 saturated carbocycles. The van der Waals surface area contributed by atoms with Crippen LogP contribution in [0, 0.1) is 0 Å². The summed E-state index contributed by atoms with van der Waals surface area (Å²) in [5, 5.41) is 5.79. The third-order valence-corrected chi connectivity index (χ3v) is 3.29. The molecule has 1 aromatic carbocycles. The lowest BCUT2D eigenvalue weighted by Crippen LogP contribution is -2.48. The van der Waals surface area contributed by atoms with Crippen LogP contribution in [0.15, 0.2) is 24.3 Å². The molecule has 0 radical (unpaired) electrons. The molecule has 2 rings (SSSR count). The monoisotopic (exact) mass is 276 g/mol. The van der Waals surface area contributed by atoms with E-state index >= 15 is 0 Å². The second-order valence-corrected chi connectivity index (χ2v) is 4.65. The van der Waals surface area contributed by atoms with Gasteiger partial charge in [-0.25, -0.2) is 4.39 Å². The molecule has 1 saturated heterocycles. The largest absolute Gasteiger partial charge is 0.416 e. The van der Waals surface area contributed by atoms with Gasteiger partial charge < -0.3 is 10.6 Å². The second kappa shape index (κ2) is 5.88. The van der Waals surface area contributed by atoms with E-state index in [1.165, 1.54) is 12.1 Å². The van der Waals surface area contributed by atoms with Crippen LogP contribution in [0.4, 0.5) is 17.6 Å². The number of hydrogen-bond acceptors (Lipinski definition) is 2. The maximum Gasteiger partial charge on any atom is 0.416 e. The van der Waals surface area contributed by atoms with Crippen LogP contribution in [0.3, 0.4) is 0 Å². The third-order valence-electron chi connectivity index (χ3n) is 3.29. The smallest absolute Gasteiger partial charge is 0.314 e. The highest BCUT2D eigenvalue weighted by Gasteiger charge is 2.33. The van der Waals surface area contributed by atoms with E-state index in [-0.39, 0.29) is 24.7 Å². The number of nitrogens with one attached hydrogen (secondary N) is 2. The summed E-state index contributed by atoms with van der Waals surface area (Å²) < 4.78 is 51.9. The topological polar surface area (TPSA) is 24.1 Å². The zero-order valence-corrected chi connectivity index (χ0v) is 10.3. The van der Waals surface area contributed by atoms with Crippen molar-refractivity contribution >= 4 is 0 Å². The Kier molecular flexibility index (Phi) is 4.42. The highest BCUT2D eigenvalue weighted by Crippen LogP contribution is 2.31. The first-order chi connectivity index (χ1) is 8.98. The van der Waals surface area contributed by atoms with E-state index in [1.807, 2.05) is 0 Å². The molecule has 0 amide bonds. The Balaban J connectivity index is 2.03. The van der Waals surface area contributed by atoms with Gasteiger partial charge in [-0.1, -0.05) is 18.2 Å². The summed E-state index contributed by atoms with van der Waals surface area (Å²) in [6.45, 7) is 0.957. The molecule has 0 spiro atoms. The Morgan fingerprint density at radius 3 is 2.68 bits per heavy atom. The predicted octanol–water partition coefficient (Wildman–Crippen LogP) is 2.50. The average Bonchev–Trinajstić information content (AvgIpc) is 2.37. The molecule has 106 valence electrons. The fraction of sp³-hybridized carbons (Fsp3) is 0.538. The van der Waals surface area contributed by atoms with Crippen LogP contribution in [0.25, 0.3) is 0 Å². The fourth-order valence-corrected chi connectivity index (χ4v) is 2.24. The quantitative estimate of drug-likeness (QED) is 0.829. The summed E-state index contributed by atoms with van der Waals surface area (Å²) in [4.78, 5) is 0. The zero-order chi connectivity index (χ0) is 13.9. The number of benzene rings is 1. The predicted molar refractivity (Wildman–Crippen MR) is 64.5 cm³/mol. The summed E-state index contributed by atoms with van der Waals surface area (Å²) >= 11 is 0. The van der Waals surface area contributed by atoms with Gasteiger partial charge in [-0.05, 0) is 24.6 Å². The molecule has 1 heterocycles. The molecule has 2 unspecified atom stereocenters. The Morgan fingerprint density at radius 2 is 2.00 bits per heavy atom.